The predicted octanol–water partition coefficient (Wildman–Crippen LogP) is 1.83. The van der Waals surface area contributed by atoms with Gasteiger partial charge in [0.25, 0.3) is 5.91 Å². The summed E-state index contributed by atoms with van der Waals surface area (Å²) in [5.41, 5.74) is 0.678. The summed E-state index contributed by atoms with van der Waals surface area (Å²) in [5, 5.41) is 0. The number of amides is 1. The maximum absolute atomic E-state index is 12.2. The minimum atomic E-state index is 0.0400. The molecule has 0 aliphatic rings. The molecule has 17 heavy (non-hydrogen) atoms. The van der Waals surface area contributed by atoms with Gasteiger partial charge in [-0.05, 0) is 18.1 Å². The van der Waals surface area contributed by atoms with E-state index in [1.807, 2.05) is 4.90 Å². The molecule has 0 atom stereocenters. The first kappa shape index (κ1) is 13.6. The van der Waals surface area contributed by atoms with Gasteiger partial charge in [-0.3, -0.25) is 9.78 Å². The molecular formula is C13H20N2O2. The number of nitrogens with zero attached hydrogens (tertiary/aromatic N) is 2. The standard InChI is InChI=1S/C13H20N2O2/c1-11(2)10-15(8-9-17-3)13(16)12-4-6-14-7-5-12/h4-7,11H,8-10H2,1-3H3. The van der Waals surface area contributed by atoms with Crippen LogP contribution in [0.25, 0.3) is 0 Å². The van der Waals surface area contributed by atoms with E-state index in [-0.39, 0.29) is 5.91 Å². The number of ether oxygens (including phenoxy) is 1. The normalized spacial score (nSPS) is 10.6. The number of carbonyl (C=O) groups is 1. The van der Waals surface area contributed by atoms with Crippen molar-refractivity contribution >= 4 is 5.91 Å². The van der Waals surface area contributed by atoms with E-state index in [1.54, 1.807) is 31.6 Å². The molecule has 0 spiro atoms. The number of hydrogen-bond donors (Lipinski definition) is 0. The summed E-state index contributed by atoms with van der Waals surface area (Å²) in [5.74, 6) is 0.482. The van der Waals surface area contributed by atoms with Crippen LogP contribution < -0.4 is 0 Å². The third kappa shape index (κ3) is 4.53. The summed E-state index contributed by atoms with van der Waals surface area (Å²) < 4.78 is 5.03. The molecule has 1 heterocycles. The second kappa shape index (κ2) is 7.01. The molecule has 0 saturated heterocycles. The van der Waals surface area contributed by atoms with Crippen LogP contribution in [0.3, 0.4) is 0 Å². The Morgan fingerprint density at radius 1 is 1.41 bits per heavy atom. The van der Waals surface area contributed by atoms with E-state index in [0.717, 1.165) is 6.54 Å². The second-order valence-electron chi connectivity index (χ2n) is 4.37. The molecule has 4 heteroatoms. The Morgan fingerprint density at radius 3 is 2.59 bits per heavy atom. The zero-order chi connectivity index (χ0) is 12.7. The topological polar surface area (TPSA) is 42.4 Å². The van der Waals surface area contributed by atoms with E-state index in [2.05, 4.69) is 18.8 Å². The van der Waals surface area contributed by atoms with Crippen molar-refractivity contribution in [2.75, 3.05) is 26.8 Å². The van der Waals surface area contributed by atoms with Crippen LogP contribution in [0.1, 0.15) is 24.2 Å². The van der Waals surface area contributed by atoms with Crippen molar-refractivity contribution in [3.8, 4) is 0 Å². The summed E-state index contributed by atoms with van der Waals surface area (Å²) in [4.78, 5) is 18.0. The summed E-state index contributed by atoms with van der Waals surface area (Å²) in [7, 11) is 1.64. The smallest absolute Gasteiger partial charge is 0.254 e. The predicted molar refractivity (Wildman–Crippen MR) is 66.9 cm³/mol. The molecule has 0 N–H and O–H groups in total. The zero-order valence-corrected chi connectivity index (χ0v) is 10.7. The highest BCUT2D eigenvalue weighted by Crippen LogP contribution is 2.06. The first-order chi connectivity index (χ1) is 8.15. The lowest BCUT2D eigenvalue weighted by Gasteiger charge is -2.24. The number of carbonyl (C=O) groups excluding carboxylic acids is 1. The van der Waals surface area contributed by atoms with Crippen LogP contribution in [-0.2, 0) is 4.74 Å². The van der Waals surface area contributed by atoms with Crippen LogP contribution in [0.4, 0.5) is 0 Å². The van der Waals surface area contributed by atoms with E-state index in [0.29, 0.717) is 24.6 Å². The summed E-state index contributed by atoms with van der Waals surface area (Å²) in [6, 6.07) is 3.48. The van der Waals surface area contributed by atoms with E-state index in [1.165, 1.54) is 0 Å². The number of methoxy groups -OCH3 is 1. The Kier molecular flexibility index (Phi) is 5.63. The van der Waals surface area contributed by atoms with Gasteiger partial charge < -0.3 is 9.64 Å². The Labute approximate surface area is 103 Å². The Bertz CT molecular complexity index is 339. The molecular weight excluding hydrogens is 216 g/mol. The lowest BCUT2D eigenvalue weighted by molar-refractivity contribution is 0.0672. The number of rotatable bonds is 6. The maximum atomic E-state index is 12.2. The van der Waals surface area contributed by atoms with Crippen molar-refractivity contribution in [3.63, 3.8) is 0 Å². The average molecular weight is 236 g/mol. The van der Waals surface area contributed by atoms with Crippen LogP contribution in [0.2, 0.25) is 0 Å². The molecule has 0 saturated carbocycles. The van der Waals surface area contributed by atoms with Crippen molar-refractivity contribution in [2.24, 2.45) is 5.92 Å². The van der Waals surface area contributed by atoms with Crippen LogP contribution in [0, 0.1) is 5.92 Å². The zero-order valence-electron chi connectivity index (χ0n) is 10.7. The second-order valence-corrected chi connectivity index (χ2v) is 4.37. The fourth-order valence-corrected chi connectivity index (χ4v) is 1.60. The highest BCUT2D eigenvalue weighted by molar-refractivity contribution is 5.94. The van der Waals surface area contributed by atoms with E-state index >= 15 is 0 Å². The summed E-state index contributed by atoms with van der Waals surface area (Å²) >= 11 is 0. The third-order valence-corrected chi connectivity index (χ3v) is 2.37. The van der Waals surface area contributed by atoms with Crippen LogP contribution in [-0.4, -0.2) is 42.6 Å². The molecule has 0 aromatic carbocycles. The number of hydrogen-bond acceptors (Lipinski definition) is 3. The highest BCUT2D eigenvalue weighted by Gasteiger charge is 2.16. The molecule has 1 amide bonds. The molecule has 0 aliphatic carbocycles. The quantitative estimate of drug-likeness (QED) is 0.756. The van der Waals surface area contributed by atoms with Gasteiger partial charge in [0.2, 0.25) is 0 Å². The minimum Gasteiger partial charge on any atom is -0.383 e. The maximum Gasteiger partial charge on any atom is 0.254 e. The SMILES string of the molecule is COCCN(CC(C)C)C(=O)c1ccncc1. The first-order valence-corrected chi connectivity index (χ1v) is 5.83. The largest absolute Gasteiger partial charge is 0.383 e. The molecule has 0 bridgehead atoms. The fraction of sp³-hybridized carbons (Fsp3) is 0.538. The van der Waals surface area contributed by atoms with Gasteiger partial charge in [-0.25, -0.2) is 0 Å². The summed E-state index contributed by atoms with van der Waals surface area (Å²) in [6.07, 6.45) is 3.27. The molecule has 0 radical (unpaired) electrons. The van der Waals surface area contributed by atoms with Crippen molar-refractivity contribution in [1.82, 2.24) is 9.88 Å². The van der Waals surface area contributed by atoms with Crippen molar-refractivity contribution in [2.45, 2.75) is 13.8 Å². The monoisotopic (exact) mass is 236 g/mol. The van der Waals surface area contributed by atoms with Gasteiger partial charge >= 0.3 is 0 Å². The van der Waals surface area contributed by atoms with Crippen molar-refractivity contribution in [3.05, 3.63) is 30.1 Å². The Morgan fingerprint density at radius 2 is 2.06 bits per heavy atom. The van der Waals surface area contributed by atoms with Gasteiger partial charge in [0.15, 0.2) is 0 Å². The van der Waals surface area contributed by atoms with E-state index < -0.39 is 0 Å². The van der Waals surface area contributed by atoms with E-state index in [9.17, 15) is 4.79 Å². The van der Waals surface area contributed by atoms with Gasteiger partial charge in [0, 0.05) is 38.2 Å². The molecule has 94 valence electrons. The van der Waals surface area contributed by atoms with Crippen molar-refractivity contribution in [1.29, 1.82) is 0 Å². The molecule has 1 aromatic heterocycles. The minimum absolute atomic E-state index is 0.0400. The highest BCUT2D eigenvalue weighted by atomic mass is 16.5. The number of pyridine rings is 1. The fourth-order valence-electron chi connectivity index (χ4n) is 1.60. The van der Waals surface area contributed by atoms with Gasteiger partial charge in [-0.1, -0.05) is 13.8 Å². The van der Waals surface area contributed by atoms with Crippen LogP contribution in [0.5, 0.6) is 0 Å². The molecule has 0 unspecified atom stereocenters. The summed E-state index contributed by atoms with van der Waals surface area (Å²) in [6.45, 7) is 6.11. The molecule has 1 rings (SSSR count). The van der Waals surface area contributed by atoms with Crippen LogP contribution in [0.15, 0.2) is 24.5 Å². The van der Waals surface area contributed by atoms with Gasteiger partial charge in [-0.15, -0.1) is 0 Å². The first-order valence-electron chi connectivity index (χ1n) is 5.83. The van der Waals surface area contributed by atoms with Gasteiger partial charge in [-0.2, -0.15) is 0 Å². The molecule has 4 nitrogen and oxygen atoms in total. The molecule has 0 aliphatic heterocycles. The number of aromatic nitrogens is 1. The van der Waals surface area contributed by atoms with Crippen LogP contribution >= 0.6 is 0 Å². The molecule has 0 fully saturated rings. The Hall–Kier alpha value is -1.42. The van der Waals surface area contributed by atoms with Crippen molar-refractivity contribution < 1.29 is 9.53 Å². The lowest BCUT2D eigenvalue weighted by atomic mass is 10.1. The van der Waals surface area contributed by atoms with E-state index in [4.69, 9.17) is 4.74 Å². The lowest BCUT2D eigenvalue weighted by Crippen LogP contribution is -2.36. The van der Waals surface area contributed by atoms with Gasteiger partial charge in [0.05, 0.1) is 6.61 Å². The molecule has 1 aromatic rings. The Balaban J connectivity index is 2.71. The average Bonchev–Trinajstić information content (AvgIpc) is 2.34. The third-order valence-electron chi connectivity index (χ3n) is 2.37. The van der Waals surface area contributed by atoms with Gasteiger partial charge in [0.1, 0.15) is 0 Å².